The zero-order chi connectivity index (χ0) is 20.4. The van der Waals surface area contributed by atoms with Crippen LogP contribution in [0.15, 0.2) is 29.3 Å². The fourth-order valence-corrected chi connectivity index (χ4v) is 4.42. The van der Waals surface area contributed by atoms with E-state index in [0.29, 0.717) is 11.3 Å². The fraction of sp³-hybridized carbons (Fsp3) is 0.400. The number of carbonyl (C=O) groups is 1. The number of carbonyl (C=O) groups excluding carboxylic acids is 1. The Labute approximate surface area is 172 Å². The molecule has 152 valence electrons. The Morgan fingerprint density at radius 2 is 2.00 bits per heavy atom. The molecule has 3 aromatic rings. The number of aryl methyl sites for hydroxylation is 1. The van der Waals surface area contributed by atoms with E-state index in [-0.39, 0.29) is 11.5 Å². The number of hydrogen-bond donors (Lipinski definition) is 2. The van der Waals surface area contributed by atoms with Crippen LogP contribution in [-0.2, 0) is 13.0 Å². The minimum Gasteiger partial charge on any atom is -0.354 e. The molecule has 4 rings (SSSR count). The van der Waals surface area contributed by atoms with Crippen LogP contribution in [0.1, 0.15) is 27.7 Å². The first-order chi connectivity index (χ1) is 14.1. The molecular formula is C20H24N6O2S. The highest BCUT2D eigenvalue weighted by Gasteiger charge is 2.21. The predicted molar refractivity (Wildman–Crippen MR) is 115 cm³/mol. The van der Waals surface area contributed by atoms with Crippen molar-refractivity contribution in [2.45, 2.75) is 19.9 Å². The monoisotopic (exact) mass is 412 g/mol. The molecule has 3 aromatic heterocycles. The second-order valence-corrected chi connectivity index (χ2v) is 8.11. The summed E-state index contributed by atoms with van der Waals surface area (Å²) in [6.45, 7) is 6.28. The van der Waals surface area contributed by atoms with E-state index < -0.39 is 0 Å². The number of hydrogen-bond acceptors (Lipinski definition) is 7. The first-order valence-corrected chi connectivity index (χ1v) is 10.5. The molecule has 2 N–H and O–H groups in total. The van der Waals surface area contributed by atoms with Gasteiger partial charge in [0.2, 0.25) is 0 Å². The number of thiazole rings is 1. The number of anilines is 1. The molecule has 0 atom stereocenters. The Morgan fingerprint density at radius 1 is 1.21 bits per heavy atom. The van der Waals surface area contributed by atoms with E-state index in [4.69, 9.17) is 0 Å². The number of amides is 1. The van der Waals surface area contributed by atoms with Gasteiger partial charge in [0.25, 0.3) is 11.5 Å². The van der Waals surface area contributed by atoms with Gasteiger partial charge in [-0.2, -0.15) is 0 Å². The number of nitrogens with one attached hydrogen (secondary N) is 2. The highest BCUT2D eigenvalue weighted by Crippen LogP contribution is 2.24. The number of fused-ring (bicyclic) bond motifs is 1. The van der Waals surface area contributed by atoms with Crippen molar-refractivity contribution in [3.8, 4) is 0 Å². The molecule has 1 aliphatic heterocycles. The van der Waals surface area contributed by atoms with Crippen molar-refractivity contribution < 1.29 is 4.79 Å². The lowest BCUT2D eigenvalue weighted by atomic mass is 10.1. The van der Waals surface area contributed by atoms with Gasteiger partial charge in [-0.1, -0.05) is 18.3 Å². The number of H-pyrrole nitrogens is 1. The molecule has 0 aromatic carbocycles. The van der Waals surface area contributed by atoms with Crippen molar-refractivity contribution in [1.82, 2.24) is 25.2 Å². The van der Waals surface area contributed by atoms with Gasteiger partial charge < -0.3 is 15.2 Å². The van der Waals surface area contributed by atoms with Crippen LogP contribution >= 0.6 is 11.3 Å². The lowest BCUT2D eigenvalue weighted by molar-refractivity contribution is 0.0967. The predicted octanol–water partition coefficient (Wildman–Crippen LogP) is 1.62. The quantitative estimate of drug-likeness (QED) is 0.661. The molecule has 8 nitrogen and oxygen atoms in total. The van der Waals surface area contributed by atoms with Crippen molar-refractivity contribution in [3.05, 3.63) is 50.9 Å². The van der Waals surface area contributed by atoms with E-state index in [1.54, 1.807) is 13.2 Å². The van der Waals surface area contributed by atoms with Crippen LogP contribution in [0.2, 0.25) is 0 Å². The van der Waals surface area contributed by atoms with Gasteiger partial charge in [0.15, 0.2) is 5.13 Å². The van der Waals surface area contributed by atoms with Crippen molar-refractivity contribution >= 4 is 33.4 Å². The molecule has 29 heavy (non-hydrogen) atoms. The summed E-state index contributed by atoms with van der Waals surface area (Å²) in [6.07, 6.45) is 4.22. The number of rotatable bonds is 5. The maximum absolute atomic E-state index is 12.1. The molecule has 1 fully saturated rings. The molecule has 4 heterocycles. The maximum Gasteiger partial charge on any atom is 0.262 e. The Hall–Kier alpha value is -2.78. The number of piperazine rings is 1. The number of aromatic nitrogens is 3. The molecule has 0 bridgehead atoms. The first-order valence-electron chi connectivity index (χ1n) is 9.73. The third-order valence-corrected chi connectivity index (χ3v) is 6.26. The summed E-state index contributed by atoms with van der Waals surface area (Å²) in [6, 6.07) is 3.89. The van der Waals surface area contributed by atoms with Crippen molar-refractivity contribution in [3.63, 3.8) is 0 Å². The average molecular weight is 413 g/mol. The zero-order valence-electron chi connectivity index (χ0n) is 16.6. The van der Waals surface area contributed by atoms with Crippen LogP contribution in [0, 0.1) is 0 Å². The minimum absolute atomic E-state index is 0.0351. The molecule has 0 spiro atoms. The van der Waals surface area contributed by atoms with Crippen molar-refractivity contribution in [1.29, 1.82) is 0 Å². The van der Waals surface area contributed by atoms with Gasteiger partial charge in [0, 0.05) is 51.5 Å². The summed E-state index contributed by atoms with van der Waals surface area (Å²) in [7, 11) is 1.63. The van der Waals surface area contributed by atoms with Crippen LogP contribution in [0.4, 0.5) is 5.13 Å². The highest BCUT2D eigenvalue weighted by molar-refractivity contribution is 7.17. The number of pyridine rings is 2. The Bertz CT molecular complexity index is 1080. The molecular weight excluding hydrogens is 388 g/mol. The number of aromatic amines is 1. The lowest BCUT2D eigenvalue weighted by Gasteiger charge is -2.34. The topological polar surface area (TPSA) is 94.2 Å². The summed E-state index contributed by atoms with van der Waals surface area (Å²) in [4.78, 5) is 40.9. The van der Waals surface area contributed by atoms with Gasteiger partial charge in [0.05, 0.1) is 17.2 Å². The van der Waals surface area contributed by atoms with Gasteiger partial charge in [-0.25, -0.2) is 4.98 Å². The smallest absolute Gasteiger partial charge is 0.262 e. The Balaban J connectivity index is 1.40. The van der Waals surface area contributed by atoms with E-state index in [0.717, 1.165) is 60.0 Å². The van der Waals surface area contributed by atoms with E-state index in [1.165, 1.54) is 11.3 Å². The third-order valence-electron chi connectivity index (χ3n) is 5.20. The maximum atomic E-state index is 12.1. The lowest BCUT2D eigenvalue weighted by Crippen LogP contribution is -2.45. The SMILES string of the molecule is CCc1cc2ncc(CN3CCN(c4ncc(C(=O)NC)s4)CC3)cc2[nH]c1=O. The molecule has 1 amide bonds. The van der Waals surface area contributed by atoms with Gasteiger partial charge in [0.1, 0.15) is 4.88 Å². The summed E-state index contributed by atoms with van der Waals surface area (Å²) in [5.41, 5.74) is 3.42. The van der Waals surface area contributed by atoms with Crippen LogP contribution in [-0.4, -0.2) is 59.0 Å². The summed E-state index contributed by atoms with van der Waals surface area (Å²) in [5.74, 6) is -0.0970. The molecule has 1 saturated heterocycles. The van der Waals surface area contributed by atoms with Crippen LogP contribution in [0.3, 0.4) is 0 Å². The van der Waals surface area contributed by atoms with E-state index in [2.05, 4.69) is 30.1 Å². The van der Waals surface area contributed by atoms with Crippen molar-refractivity contribution in [2.24, 2.45) is 0 Å². The molecule has 0 saturated carbocycles. The molecule has 0 radical (unpaired) electrons. The van der Waals surface area contributed by atoms with Gasteiger partial charge in [-0.05, 0) is 24.1 Å². The molecule has 0 aliphatic carbocycles. The van der Waals surface area contributed by atoms with Gasteiger partial charge in [-0.3, -0.25) is 19.5 Å². The Kier molecular flexibility index (Phi) is 5.59. The highest BCUT2D eigenvalue weighted by atomic mass is 32.1. The first kappa shape index (κ1) is 19.5. The summed E-state index contributed by atoms with van der Waals surface area (Å²) in [5, 5.41) is 3.52. The second kappa shape index (κ2) is 8.30. The molecule has 9 heteroatoms. The average Bonchev–Trinajstić information content (AvgIpc) is 3.23. The minimum atomic E-state index is -0.0970. The van der Waals surface area contributed by atoms with Gasteiger partial charge in [-0.15, -0.1) is 0 Å². The second-order valence-electron chi connectivity index (χ2n) is 7.10. The van der Waals surface area contributed by atoms with Crippen molar-refractivity contribution in [2.75, 3.05) is 38.1 Å². The summed E-state index contributed by atoms with van der Waals surface area (Å²) < 4.78 is 0. The zero-order valence-corrected chi connectivity index (χ0v) is 17.4. The van der Waals surface area contributed by atoms with E-state index >= 15 is 0 Å². The molecule has 0 unspecified atom stereocenters. The van der Waals surface area contributed by atoms with Gasteiger partial charge >= 0.3 is 0 Å². The fourth-order valence-electron chi connectivity index (χ4n) is 3.51. The standard InChI is InChI=1S/C20H24N6O2S/c1-3-14-9-15-16(24-18(14)27)8-13(10-22-15)12-25-4-6-26(7-5-25)20-23-11-17(29-20)19(28)21-2/h8-11H,3-7,12H2,1-2H3,(H,21,28)(H,24,27). The van der Waals surface area contributed by atoms with Crippen LogP contribution < -0.4 is 15.8 Å². The number of nitrogens with zero attached hydrogens (tertiary/aromatic N) is 4. The molecule has 1 aliphatic rings. The van der Waals surface area contributed by atoms with E-state index in [9.17, 15) is 9.59 Å². The summed E-state index contributed by atoms with van der Waals surface area (Å²) >= 11 is 1.42. The van der Waals surface area contributed by atoms with Crippen LogP contribution in [0.5, 0.6) is 0 Å². The van der Waals surface area contributed by atoms with E-state index in [1.807, 2.05) is 25.3 Å². The largest absolute Gasteiger partial charge is 0.354 e. The third kappa shape index (κ3) is 4.15. The van der Waals surface area contributed by atoms with Crippen LogP contribution in [0.25, 0.3) is 11.0 Å². The normalized spacial score (nSPS) is 15.0. The Morgan fingerprint density at radius 3 is 2.72 bits per heavy atom.